The maximum atomic E-state index is 11.3. The number of carbonyl (C=O) groups excluding carboxylic acids is 2. The largest absolute Gasteiger partial charge is 0.396 e. The number of amides is 3. The van der Waals surface area contributed by atoms with Gasteiger partial charge in [0.15, 0.2) is 0 Å². The number of aliphatic hydroxyl groups is 1. The fourth-order valence-corrected chi connectivity index (χ4v) is 1.17. The number of primary amides is 1. The van der Waals surface area contributed by atoms with Crippen molar-refractivity contribution in [2.24, 2.45) is 5.73 Å². The van der Waals surface area contributed by atoms with Crippen LogP contribution in [0.2, 0.25) is 0 Å². The summed E-state index contributed by atoms with van der Waals surface area (Å²) >= 11 is 0. The molecule has 0 saturated heterocycles. The van der Waals surface area contributed by atoms with E-state index in [9.17, 15) is 9.59 Å². The van der Waals surface area contributed by atoms with Crippen molar-refractivity contribution in [2.75, 3.05) is 18.5 Å². The van der Waals surface area contributed by atoms with Crippen molar-refractivity contribution < 1.29 is 14.7 Å². The number of benzene rings is 1. The van der Waals surface area contributed by atoms with Crippen LogP contribution in [0.15, 0.2) is 24.3 Å². The molecule has 0 aromatic heterocycles. The molecule has 6 heteroatoms. The minimum Gasteiger partial charge on any atom is -0.396 e. The van der Waals surface area contributed by atoms with E-state index in [0.717, 1.165) is 0 Å². The van der Waals surface area contributed by atoms with Crippen LogP contribution in [0.1, 0.15) is 16.8 Å². The molecule has 17 heavy (non-hydrogen) atoms. The van der Waals surface area contributed by atoms with Gasteiger partial charge in [-0.1, -0.05) is 0 Å². The summed E-state index contributed by atoms with van der Waals surface area (Å²) in [6.45, 7) is 0.440. The van der Waals surface area contributed by atoms with Crippen LogP contribution in [0, 0.1) is 0 Å². The first-order valence-corrected chi connectivity index (χ1v) is 5.19. The number of anilines is 1. The molecular formula is C11H15N3O3. The van der Waals surface area contributed by atoms with Gasteiger partial charge in [0.05, 0.1) is 0 Å². The van der Waals surface area contributed by atoms with Gasteiger partial charge in [0.25, 0.3) is 0 Å². The van der Waals surface area contributed by atoms with Crippen LogP contribution in [0.25, 0.3) is 0 Å². The molecule has 1 aromatic rings. The van der Waals surface area contributed by atoms with Gasteiger partial charge in [-0.05, 0) is 30.7 Å². The summed E-state index contributed by atoms with van der Waals surface area (Å²) in [5.74, 6) is -0.510. The average molecular weight is 237 g/mol. The van der Waals surface area contributed by atoms with Gasteiger partial charge in [0.1, 0.15) is 0 Å². The number of nitrogens with two attached hydrogens (primary N) is 1. The van der Waals surface area contributed by atoms with Crippen LogP contribution in [0.5, 0.6) is 0 Å². The van der Waals surface area contributed by atoms with Crippen molar-refractivity contribution in [2.45, 2.75) is 6.42 Å². The van der Waals surface area contributed by atoms with Crippen LogP contribution < -0.4 is 16.4 Å². The zero-order valence-electron chi connectivity index (χ0n) is 9.27. The average Bonchev–Trinajstić information content (AvgIpc) is 2.30. The van der Waals surface area contributed by atoms with Crippen molar-refractivity contribution in [3.05, 3.63) is 29.8 Å². The Bertz CT molecular complexity index is 389. The highest BCUT2D eigenvalue weighted by molar-refractivity contribution is 5.94. The fraction of sp³-hybridized carbons (Fsp3) is 0.273. The number of carbonyl (C=O) groups is 2. The Morgan fingerprint density at radius 2 is 1.88 bits per heavy atom. The summed E-state index contributed by atoms with van der Waals surface area (Å²) in [5.41, 5.74) is 6.04. The lowest BCUT2D eigenvalue weighted by molar-refractivity contribution is 0.100. The lowest BCUT2D eigenvalue weighted by Gasteiger charge is -2.07. The van der Waals surface area contributed by atoms with E-state index in [4.69, 9.17) is 10.8 Å². The van der Waals surface area contributed by atoms with Gasteiger partial charge in [-0.15, -0.1) is 0 Å². The molecule has 6 nitrogen and oxygen atoms in total. The standard InChI is InChI=1S/C11H15N3O3/c12-10(16)8-2-4-9(5-3-8)14-11(17)13-6-1-7-15/h2-5,15H,1,6-7H2,(H2,12,16)(H2,13,14,17). The first-order valence-electron chi connectivity index (χ1n) is 5.19. The molecule has 0 aliphatic rings. The van der Waals surface area contributed by atoms with Crippen LogP contribution in [0.3, 0.4) is 0 Å². The van der Waals surface area contributed by atoms with Crippen LogP contribution in [0.4, 0.5) is 10.5 Å². The predicted octanol–water partition coefficient (Wildman–Crippen LogP) is 0.289. The molecule has 1 aromatic carbocycles. The van der Waals surface area contributed by atoms with Crippen LogP contribution in [-0.2, 0) is 0 Å². The second kappa shape index (κ2) is 6.49. The van der Waals surface area contributed by atoms with Crippen molar-refractivity contribution in [1.82, 2.24) is 5.32 Å². The molecule has 0 fully saturated rings. The second-order valence-electron chi connectivity index (χ2n) is 3.40. The highest BCUT2D eigenvalue weighted by atomic mass is 16.3. The summed E-state index contributed by atoms with van der Waals surface area (Å²) in [7, 11) is 0. The van der Waals surface area contributed by atoms with E-state index < -0.39 is 5.91 Å². The maximum absolute atomic E-state index is 11.3. The maximum Gasteiger partial charge on any atom is 0.319 e. The fourth-order valence-electron chi connectivity index (χ4n) is 1.17. The normalized spacial score (nSPS) is 9.71. The number of nitrogens with one attached hydrogen (secondary N) is 2. The molecule has 0 unspecified atom stereocenters. The first kappa shape index (κ1) is 13.0. The minimum atomic E-state index is -0.510. The molecule has 0 radical (unpaired) electrons. The third-order valence-electron chi connectivity index (χ3n) is 2.05. The van der Waals surface area contributed by atoms with Gasteiger partial charge in [-0.25, -0.2) is 4.79 Å². The van der Waals surface area contributed by atoms with Gasteiger partial charge in [-0.2, -0.15) is 0 Å². The summed E-state index contributed by atoms with van der Waals surface area (Å²) in [5, 5.41) is 13.7. The summed E-state index contributed by atoms with van der Waals surface area (Å²) in [6, 6.07) is 5.89. The van der Waals surface area contributed by atoms with Crippen LogP contribution in [-0.4, -0.2) is 30.2 Å². The highest BCUT2D eigenvalue weighted by Crippen LogP contribution is 2.08. The van der Waals surface area contributed by atoms with E-state index in [1.54, 1.807) is 12.1 Å². The quantitative estimate of drug-likeness (QED) is 0.553. The number of hydrogen-bond acceptors (Lipinski definition) is 3. The van der Waals surface area contributed by atoms with Gasteiger partial charge >= 0.3 is 6.03 Å². The van der Waals surface area contributed by atoms with E-state index >= 15 is 0 Å². The van der Waals surface area contributed by atoms with Crippen molar-refractivity contribution in [3.63, 3.8) is 0 Å². The molecule has 0 saturated carbocycles. The summed E-state index contributed by atoms with van der Waals surface area (Å²) in [4.78, 5) is 22.1. The van der Waals surface area contributed by atoms with Gasteiger partial charge in [0, 0.05) is 24.4 Å². The monoisotopic (exact) mass is 237 g/mol. The topological polar surface area (TPSA) is 104 Å². The van der Waals surface area contributed by atoms with Gasteiger partial charge < -0.3 is 21.5 Å². The third kappa shape index (κ3) is 4.52. The van der Waals surface area contributed by atoms with Crippen molar-refractivity contribution >= 4 is 17.6 Å². The Balaban J connectivity index is 2.46. The smallest absolute Gasteiger partial charge is 0.319 e. The second-order valence-corrected chi connectivity index (χ2v) is 3.40. The Labute approximate surface area is 98.8 Å². The van der Waals surface area contributed by atoms with Crippen molar-refractivity contribution in [3.8, 4) is 0 Å². The molecule has 92 valence electrons. The first-order chi connectivity index (χ1) is 8.13. The highest BCUT2D eigenvalue weighted by Gasteiger charge is 2.02. The number of urea groups is 1. The summed E-state index contributed by atoms with van der Waals surface area (Å²) < 4.78 is 0. The molecule has 3 amide bonds. The molecule has 1 rings (SSSR count). The number of rotatable bonds is 5. The molecule has 5 N–H and O–H groups in total. The molecule has 0 aliphatic carbocycles. The van der Waals surface area contributed by atoms with E-state index in [1.165, 1.54) is 12.1 Å². The Morgan fingerprint density at radius 1 is 1.24 bits per heavy atom. The molecule has 0 heterocycles. The number of aliphatic hydroxyl groups excluding tert-OH is 1. The lowest BCUT2D eigenvalue weighted by atomic mass is 10.2. The molecule has 0 atom stereocenters. The zero-order chi connectivity index (χ0) is 12.7. The predicted molar refractivity (Wildman–Crippen MR) is 63.7 cm³/mol. The molecule has 0 spiro atoms. The SMILES string of the molecule is NC(=O)c1ccc(NC(=O)NCCCO)cc1. The molecule has 0 aliphatic heterocycles. The Morgan fingerprint density at radius 3 is 2.41 bits per heavy atom. The number of hydrogen-bond donors (Lipinski definition) is 4. The van der Waals surface area contributed by atoms with E-state index in [2.05, 4.69) is 10.6 Å². The third-order valence-corrected chi connectivity index (χ3v) is 2.05. The van der Waals surface area contributed by atoms with Gasteiger partial charge in [0.2, 0.25) is 5.91 Å². The zero-order valence-corrected chi connectivity index (χ0v) is 9.27. The minimum absolute atomic E-state index is 0.0353. The lowest BCUT2D eigenvalue weighted by Crippen LogP contribution is -2.29. The van der Waals surface area contributed by atoms with Crippen LogP contribution >= 0.6 is 0 Å². The van der Waals surface area contributed by atoms with E-state index in [1.807, 2.05) is 0 Å². The molecular weight excluding hydrogens is 222 g/mol. The van der Waals surface area contributed by atoms with E-state index in [0.29, 0.717) is 24.2 Å². The van der Waals surface area contributed by atoms with Crippen molar-refractivity contribution in [1.29, 1.82) is 0 Å². The summed E-state index contributed by atoms with van der Waals surface area (Å²) in [6.07, 6.45) is 0.508. The van der Waals surface area contributed by atoms with Gasteiger partial charge in [-0.3, -0.25) is 4.79 Å². The Kier molecular flexibility index (Phi) is 4.96. The Hall–Kier alpha value is -2.08. The molecule has 0 bridgehead atoms. The van der Waals surface area contributed by atoms with E-state index in [-0.39, 0.29) is 12.6 Å².